The number of aromatic amines is 1. The van der Waals surface area contributed by atoms with Crippen LogP contribution in [0.3, 0.4) is 0 Å². The number of hydrogen-bond acceptors (Lipinski definition) is 4. The molecule has 0 fully saturated rings. The Morgan fingerprint density at radius 3 is 2.44 bits per heavy atom. The maximum Gasteiger partial charge on any atom is 0.326 e. The lowest BCUT2D eigenvalue weighted by molar-refractivity contribution is -0.140. The van der Waals surface area contributed by atoms with Crippen molar-refractivity contribution in [1.82, 2.24) is 15.5 Å². The number of nitrogens with one attached hydrogen (secondary N) is 2. The highest BCUT2D eigenvalue weighted by Crippen LogP contribution is 2.09. The number of carboxylic acid groups (broad SMARTS) is 1. The second kappa shape index (κ2) is 5.30. The summed E-state index contributed by atoms with van der Waals surface area (Å²) in [6, 6.07) is -1.34. The van der Waals surface area contributed by atoms with E-state index in [4.69, 9.17) is 10.8 Å². The Morgan fingerprint density at radius 2 is 2.06 bits per heavy atom. The first-order chi connectivity index (χ1) is 8.32. The highest BCUT2D eigenvalue weighted by molar-refractivity contribution is 5.99. The summed E-state index contributed by atoms with van der Waals surface area (Å²) in [7, 11) is 0. The zero-order chi connectivity index (χ0) is 13.9. The summed E-state index contributed by atoms with van der Waals surface area (Å²) in [6.07, 6.45) is -0.461. The standard InChI is InChI=1S/C10H14N4O4/c1-4-8(5(2)14-13-4)9(16)12-6(10(17)18)3-7(11)15/h6H,3H2,1-2H3,(H2,11,15)(H,12,16)(H,13,14)(H,17,18)/t6-/m1/s1. The SMILES string of the molecule is Cc1n[nH]c(C)c1C(=O)N[C@H](CC(N)=O)C(=O)O. The predicted molar refractivity (Wildman–Crippen MR) is 60.8 cm³/mol. The van der Waals surface area contributed by atoms with Crippen LogP contribution in [0.5, 0.6) is 0 Å². The monoisotopic (exact) mass is 254 g/mol. The Kier molecular flexibility index (Phi) is 4.03. The number of carbonyl (C=O) groups excluding carboxylic acids is 2. The maximum absolute atomic E-state index is 11.9. The van der Waals surface area contributed by atoms with Gasteiger partial charge in [-0.05, 0) is 13.8 Å². The number of aromatic nitrogens is 2. The summed E-state index contributed by atoms with van der Waals surface area (Å²) in [5.74, 6) is -2.73. The number of nitrogens with zero attached hydrogens (tertiary/aromatic N) is 1. The largest absolute Gasteiger partial charge is 0.480 e. The van der Waals surface area contributed by atoms with Crippen LogP contribution in [0, 0.1) is 13.8 Å². The molecule has 0 saturated heterocycles. The summed E-state index contributed by atoms with van der Waals surface area (Å²) in [5.41, 5.74) is 6.16. The number of aliphatic carboxylic acids is 1. The lowest BCUT2D eigenvalue weighted by Gasteiger charge is -2.12. The molecule has 1 rings (SSSR count). The molecule has 18 heavy (non-hydrogen) atoms. The van der Waals surface area contributed by atoms with E-state index < -0.39 is 30.2 Å². The third kappa shape index (κ3) is 3.06. The van der Waals surface area contributed by atoms with Gasteiger partial charge in [-0.3, -0.25) is 14.7 Å². The number of rotatable bonds is 5. The second-order valence-corrected chi connectivity index (χ2v) is 3.84. The molecule has 1 aromatic heterocycles. The van der Waals surface area contributed by atoms with Crippen molar-refractivity contribution in [3.8, 4) is 0 Å². The van der Waals surface area contributed by atoms with Crippen molar-refractivity contribution in [3.05, 3.63) is 17.0 Å². The number of nitrogens with two attached hydrogens (primary N) is 1. The van der Waals surface area contributed by atoms with Crippen LogP contribution >= 0.6 is 0 Å². The molecule has 0 aromatic carbocycles. The van der Waals surface area contributed by atoms with E-state index in [-0.39, 0.29) is 5.56 Å². The van der Waals surface area contributed by atoms with E-state index in [0.717, 1.165) is 0 Å². The first-order valence-corrected chi connectivity index (χ1v) is 5.16. The van der Waals surface area contributed by atoms with Crippen molar-refractivity contribution in [1.29, 1.82) is 0 Å². The molecule has 0 unspecified atom stereocenters. The summed E-state index contributed by atoms with van der Waals surface area (Å²) >= 11 is 0. The van der Waals surface area contributed by atoms with Crippen molar-refractivity contribution in [2.24, 2.45) is 5.73 Å². The Hall–Kier alpha value is -2.38. The molecule has 0 radical (unpaired) electrons. The molecule has 0 aliphatic heterocycles. The minimum absolute atomic E-state index is 0.269. The molecule has 0 aliphatic rings. The first kappa shape index (κ1) is 13.7. The van der Waals surface area contributed by atoms with Gasteiger partial charge in [-0.2, -0.15) is 5.10 Å². The van der Waals surface area contributed by atoms with E-state index in [1.807, 2.05) is 0 Å². The minimum Gasteiger partial charge on any atom is -0.480 e. The number of carbonyl (C=O) groups is 3. The summed E-state index contributed by atoms with van der Waals surface area (Å²) in [5, 5.41) is 17.5. The highest BCUT2D eigenvalue weighted by atomic mass is 16.4. The fourth-order valence-electron chi connectivity index (χ4n) is 1.52. The topological polar surface area (TPSA) is 138 Å². The van der Waals surface area contributed by atoms with Crippen LogP contribution < -0.4 is 11.1 Å². The molecule has 0 aliphatic carbocycles. The van der Waals surface area contributed by atoms with Gasteiger partial charge in [-0.15, -0.1) is 0 Å². The van der Waals surface area contributed by atoms with Crippen LogP contribution in [0.15, 0.2) is 0 Å². The smallest absolute Gasteiger partial charge is 0.326 e. The van der Waals surface area contributed by atoms with E-state index in [1.165, 1.54) is 0 Å². The Labute approximate surface area is 103 Å². The van der Waals surface area contributed by atoms with Crippen molar-refractivity contribution >= 4 is 17.8 Å². The molecule has 0 saturated carbocycles. The van der Waals surface area contributed by atoms with Crippen molar-refractivity contribution < 1.29 is 19.5 Å². The number of aryl methyl sites for hydroxylation is 2. The van der Waals surface area contributed by atoms with Gasteiger partial charge in [-0.1, -0.05) is 0 Å². The van der Waals surface area contributed by atoms with Gasteiger partial charge in [0.25, 0.3) is 5.91 Å². The molecule has 1 heterocycles. The Balaban J connectivity index is 2.85. The van der Waals surface area contributed by atoms with Crippen LogP contribution in [0.4, 0.5) is 0 Å². The van der Waals surface area contributed by atoms with Gasteiger partial charge in [0, 0.05) is 5.69 Å². The summed E-state index contributed by atoms with van der Waals surface area (Å²) in [4.78, 5) is 33.4. The molecular weight excluding hydrogens is 240 g/mol. The zero-order valence-corrected chi connectivity index (χ0v) is 9.98. The minimum atomic E-state index is -1.34. The third-order valence-electron chi connectivity index (χ3n) is 2.36. The van der Waals surface area contributed by atoms with Crippen LogP contribution in [-0.4, -0.2) is 39.1 Å². The van der Waals surface area contributed by atoms with E-state index in [9.17, 15) is 14.4 Å². The quantitative estimate of drug-likeness (QED) is 0.538. The van der Waals surface area contributed by atoms with E-state index >= 15 is 0 Å². The van der Waals surface area contributed by atoms with Gasteiger partial charge in [0.15, 0.2) is 0 Å². The van der Waals surface area contributed by atoms with Crippen molar-refractivity contribution in [2.45, 2.75) is 26.3 Å². The first-order valence-electron chi connectivity index (χ1n) is 5.16. The van der Waals surface area contributed by atoms with Gasteiger partial charge in [0.05, 0.1) is 17.7 Å². The normalized spacial score (nSPS) is 11.9. The molecule has 1 aromatic rings. The fourth-order valence-corrected chi connectivity index (χ4v) is 1.52. The van der Waals surface area contributed by atoms with Gasteiger partial charge in [0.1, 0.15) is 6.04 Å². The van der Waals surface area contributed by atoms with Gasteiger partial charge in [-0.25, -0.2) is 4.79 Å². The fraction of sp³-hybridized carbons (Fsp3) is 0.400. The Morgan fingerprint density at radius 1 is 1.44 bits per heavy atom. The van der Waals surface area contributed by atoms with E-state index in [1.54, 1.807) is 13.8 Å². The molecule has 0 bridgehead atoms. The molecule has 0 spiro atoms. The van der Waals surface area contributed by atoms with Crippen LogP contribution in [0.1, 0.15) is 28.2 Å². The molecule has 2 amide bonds. The number of primary amides is 1. The molecular formula is C10H14N4O4. The third-order valence-corrected chi connectivity index (χ3v) is 2.36. The van der Waals surface area contributed by atoms with Crippen LogP contribution in [-0.2, 0) is 9.59 Å². The van der Waals surface area contributed by atoms with Crippen LogP contribution in [0.25, 0.3) is 0 Å². The summed E-state index contributed by atoms with van der Waals surface area (Å²) in [6.45, 7) is 3.25. The second-order valence-electron chi connectivity index (χ2n) is 3.84. The number of H-pyrrole nitrogens is 1. The number of carboxylic acids is 1. The molecule has 8 nitrogen and oxygen atoms in total. The van der Waals surface area contributed by atoms with E-state index in [0.29, 0.717) is 11.4 Å². The van der Waals surface area contributed by atoms with Gasteiger partial charge < -0.3 is 16.2 Å². The molecule has 8 heteroatoms. The lowest BCUT2D eigenvalue weighted by atomic mass is 10.1. The van der Waals surface area contributed by atoms with E-state index in [2.05, 4.69) is 15.5 Å². The number of amides is 2. The zero-order valence-electron chi connectivity index (χ0n) is 9.98. The molecule has 1 atom stereocenters. The predicted octanol–water partition coefficient (Wildman–Crippen LogP) is -0.915. The molecule has 98 valence electrons. The summed E-state index contributed by atoms with van der Waals surface area (Å²) < 4.78 is 0. The van der Waals surface area contributed by atoms with Gasteiger partial charge in [0.2, 0.25) is 5.91 Å². The highest BCUT2D eigenvalue weighted by Gasteiger charge is 2.25. The van der Waals surface area contributed by atoms with Crippen LogP contribution in [0.2, 0.25) is 0 Å². The van der Waals surface area contributed by atoms with Crippen molar-refractivity contribution in [3.63, 3.8) is 0 Å². The maximum atomic E-state index is 11.9. The Bertz CT molecular complexity index is 475. The average Bonchev–Trinajstić information content (AvgIpc) is 2.56. The number of hydrogen-bond donors (Lipinski definition) is 4. The lowest BCUT2D eigenvalue weighted by Crippen LogP contribution is -2.43. The van der Waals surface area contributed by atoms with Crippen molar-refractivity contribution in [2.75, 3.05) is 0 Å². The average molecular weight is 254 g/mol. The molecule has 5 N–H and O–H groups in total. The van der Waals surface area contributed by atoms with Gasteiger partial charge >= 0.3 is 5.97 Å².